The molecule has 0 aromatic carbocycles. The van der Waals surface area contributed by atoms with Crippen LogP contribution in [0.2, 0.25) is 0 Å². The van der Waals surface area contributed by atoms with E-state index in [9.17, 15) is 15.0 Å². The summed E-state index contributed by atoms with van der Waals surface area (Å²) in [6.45, 7) is 5.50. The summed E-state index contributed by atoms with van der Waals surface area (Å²) in [6.07, 6.45) is -1.66. The molecule has 1 aliphatic heterocycles. The first-order valence-electron chi connectivity index (χ1n) is 8.54. The summed E-state index contributed by atoms with van der Waals surface area (Å²) in [4.78, 5) is 19.8. The molecule has 5 atom stereocenters. The van der Waals surface area contributed by atoms with E-state index in [2.05, 4.69) is 13.8 Å². The van der Waals surface area contributed by atoms with Gasteiger partial charge in [0.05, 0.1) is 24.6 Å². The van der Waals surface area contributed by atoms with E-state index in [1.165, 1.54) is 11.8 Å². The second-order valence-corrected chi connectivity index (χ2v) is 9.28. The lowest BCUT2D eigenvalue weighted by Crippen LogP contribution is -2.58. The van der Waals surface area contributed by atoms with Crippen molar-refractivity contribution in [2.45, 2.75) is 50.3 Å². The predicted octanol–water partition coefficient (Wildman–Crippen LogP) is 1.27. The number of nitrogens with zero attached hydrogens (tertiary/aromatic N) is 2. The van der Waals surface area contributed by atoms with Gasteiger partial charge in [0.2, 0.25) is 5.91 Å². The maximum absolute atomic E-state index is 11.9. The summed E-state index contributed by atoms with van der Waals surface area (Å²) >= 11 is 3.16. The lowest BCUT2D eigenvalue weighted by Gasteiger charge is -2.41. The molecule has 2 heterocycles. The summed E-state index contributed by atoms with van der Waals surface area (Å²) in [5.74, 6) is -0.470. The van der Waals surface area contributed by atoms with Crippen LogP contribution in [0, 0.1) is 11.8 Å². The number of amidine groups is 1. The van der Waals surface area contributed by atoms with Crippen LogP contribution in [-0.4, -0.2) is 56.2 Å². The zero-order valence-electron chi connectivity index (χ0n) is 14.4. The van der Waals surface area contributed by atoms with Gasteiger partial charge in [-0.3, -0.25) is 9.79 Å². The van der Waals surface area contributed by atoms with Crippen LogP contribution in [0.4, 0.5) is 0 Å². The number of carbonyl (C=O) groups excluding carboxylic acids is 1. The van der Waals surface area contributed by atoms with Crippen LogP contribution in [0.15, 0.2) is 22.5 Å². The summed E-state index contributed by atoms with van der Waals surface area (Å²) in [6, 6.07) is 3.67. The number of nitrogens with two attached hydrogens (primary N) is 1. The number of hydrogen-bond acceptors (Lipinski definition) is 6. The number of hydrogen-bond donors (Lipinski definition) is 3. The van der Waals surface area contributed by atoms with Crippen molar-refractivity contribution in [1.82, 2.24) is 4.90 Å². The van der Waals surface area contributed by atoms with Gasteiger partial charge in [0, 0.05) is 16.7 Å². The summed E-state index contributed by atoms with van der Waals surface area (Å²) in [7, 11) is 0. The Morgan fingerprint density at radius 1 is 1.48 bits per heavy atom. The van der Waals surface area contributed by atoms with Gasteiger partial charge >= 0.3 is 0 Å². The van der Waals surface area contributed by atoms with E-state index >= 15 is 0 Å². The molecule has 6 nitrogen and oxygen atoms in total. The zero-order chi connectivity index (χ0) is 18.1. The number of aliphatic imine (C=N–C) groups is 1. The third-order valence-electron chi connectivity index (χ3n) is 4.68. The van der Waals surface area contributed by atoms with Crippen molar-refractivity contribution in [2.24, 2.45) is 22.6 Å². The Balaban J connectivity index is 1.94. The van der Waals surface area contributed by atoms with E-state index in [-0.39, 0.29) is 17.7 Å². The fourth-order valence-electron chi connectivity index (χ4n) is 3.43. The van der Waals surface area contributed by atoms with Crippen molar-refractivity contribution < 1.29 is 15.0 Å². The molecule has 2 fully saturated rings. The highest BCUT2D eigenvalue weighted by Crippen LogP contribution is 2.44. The van der Waals surface area contributed by atoms with Gasteiger partial charge in [0.25, 0.3) is 0 Å². The van der Waals surface area contributed by atoms with E-state index in [0.29, 0.717) is 19.0 Å². The van der Waals surface area contributed by atoms with E-state index < -0.39 is 24.0 Å². The summed E-state index contributed by atoms with van der Waals surface area (Å²) in [5, 5.41) is 23.6. The fourth-order valence-corrected chi connectivity index (χ4v) is 5.71. The van der Waals surface area contributed by atoms with Crippen molar-refractivity contribution in [3.63, 3.8) is 0 Å². The third-order valence-corrected chi connectivity index (χ3v) is 7.00. The second kappa shape index (κ2) is 7.65. The van der Waals surface area contributed by atoms with Crippen LogP contribution in [0.3, 0.4) is 0 Å². The van der Waals surface area contributed by atoms with Crippen LogP contribution in [-0.2, 0) is 11.3 Å². The Hall–Kier alpha value is -1.09. The van der Waals surface area contributed by atoms with E-state index in [4.69, 9.17) is 10.7 Å². The van der Waals surface area contributed by atoms with Crippen LogP contribution < -0.4 is 5.73 Å². The lowest BCUT2D eigenvalue weighted by atomic mass is 9.80. The number of aliphatic hydroxyl groups excluding tert-OH is 2. The van der Waals surface area contributed by atoms with Crippen LogP contribution in [0.5, 0.6) is 0 Å². The minimum absolute atomic E-state index is 0.179. The molecule has 0 radical (unpaired) electrons. The Labute approximate surface area is 156 Å². The Bertz CT molecular complexity index is 635. The molecule has 0 spiro atoms. The van der Waals surface area contributed by atoms with Gasteiger partial charge in [-0.25, -0.2) is 0 Å². The Kier molecular flexibility index (Phi) is 5.72. The quantitative estimate of drug-likeness (QED) is 0.711. The molecule has 5 unspecified atom stereocenters. The molecule has 1 aromatic rings. The largest absolute Gasteiger partial charge is 0.390 e. The number of thioether (sulfide) groups is 1. The Morgan fingerprint density at radius 3 is 2.84 bits per heavy atom. The SMILES string of the molecule is CC(C)CN=C1SC2C(C(N)=O)CC(O)C(O)C2N1Cc1cccs1. The summed E-state index contributed by atoms with van der Waals surface area (Å²) < 4.78 is 0. The van der Waals surface area contributed by atoms with Gasteiger partial charge in [0.1, 0.15) is 6.10 Å². The van der Waals surface area contributed by atoms with E-state index in [1.54, 1.807) is 11.3 Å². The van der Waals surface area contributed by atoms with Crippen molar-refractivity contribution in [1.29, 1.82) is 0 Å². The van der Waals surface area contributed by atoms with Crippen molar-refractivity contribution in [3.05, 3.63) is 22.4 Å². The van der Waals surface area contributed by atoms with Gasteiger partial charge in [-0.2, -0.15) is 0 Å². The topological polar surface area (TPSA) is 99.1 Å². The predicted molar refractivity (Wildman–Crippen MR) is 101 cm³/mol. The standard InChI is InChI=1S/C17H25N3O3S2/c1-9(2)7-19-17-20(8-10-4-3-5-24-10)13-14(22)12(21)6-11(16(18)23)15(13)25-17/h3-5,9,11-15,21-22H,6-8H2,1-2H3,(H2,18,23). The number of rotatable bonds is 5. The second-order valence-electron chi connectivity index (χ2n) is 7.10. The van der Waals surface area contributed by atoms with Crippen molar-refractivity contribution in [2.75, 3.05) is 6.54 Å². The Morgan fingerprint density at radius 2 is 2.24 bits per heavy atom. The third kappa shape index (κ3) is 3.86. The zero-order valence-corrected chi connectivity index (χ0v) is 16.0. The number of fused-ring (bicyclic) bond motifs is 1. The average Bonchev–Trinajstić information content (AvgIpc) is 3.17. The van der Waals surface area contributed by atoms with E-state index in [0.717, 1.165) is 10.0 Å². The van der Waals surface area contributed by atoms with Gasteiger partial charge < -0.3 is 20.8 Å². The maximum Gasteiger partial charge on any atom is 0.221 e. The monoisotopic (exact) mass is 383 g/mol. The molecule has 1 aromatic heterocycles. The first-order valence-corrected chi connectivity index (χ1v) is 10.3. The molecule has 1 amide bonds. The fraction of sp³-hybridized carbons (Fsp3) is 0.647. The van der Waals surface area contributed by atoms with E-state index in [1.807, 2.05) is 22.4 Å². The number of thiophene rings is 1. The van der Waals surface area contributed by atoms with Crippen molar-refractivity contribution >= 4 is 34.2 Å². The van der Waals surface area contributed by atoms with Crippen LogP contribution in [0.1, 0.15) is 25.1 Å². The van der Waals surface area contributed by atoms with Crippen LogP contribution in [0.25, 0.3) is 0 Å². The average molecular weight is 384 g/mol. The van der Waals surface area contributed by atoms with Gasteiger partial charge in [0.15, 0.2) is 5.17 Å². The molecular formula is C17H25N3O3S2. The maximum atomic E-state index is 11.9. The smallest absolute Gasteiger partial charge is 0.221 e. The van der Waals surface area contributed by atoms with Crippen molar-refractivity contribution in [3.8, 4) is 0 Å². The minimum Gasteiger partial charge on any atom is -0.390 e. The first-order chi connectivity index (χ1) is 11.9. The highest BCUT2D eigenvalue weighted by atomic mass is 32.2. The molecule has 1 aliphatic carbocycles. The lowest BCUT2D eigenvalue weighted by molar-refractivity contribution is -0.128. The molecule has 3 rings (SSSR count). The molecule has 4 N–H and O–H groups in total. The van der Waals surface area contributed by atoms with Gasteiger partial charge in [-0.1, -0.05) is 31.7 Å². The molecule has 1 saturated carbocycles. The number of aliphatic hydroxyl groups is 2. The number of carbonyl (C=O) groups is 1. The van der Waals surface area contributed by atoms with Gasteiger partial charge in [-0.05, 0) is 23.8 Å². The molecule has 1 saturated heterocycles. The molecule has 25 heavy (non-hydrogen) atoms. The number of amides is 1. The first kappa shape index (κ1) is 18.7. The highest BCUT2D eigenvalue weighted by molar-refractivity contribution is 8.14. The van der Waals surface area contributed by atoms with Crippen LogP contribution >= 0.6 is 23.1 Å². The molecule has 0 bridgehead atoms. The highest BCUT2D eigenvalue weighted by Gasteiger charge is 2.54. The minimum atomic E-state index is -0.949. The molecular weight excluding hydrogens is 358 g/mol. The number of primary amides is 1. The van der Waals surface area contributed by atoms with Gasteiger partial charge in [-0.15, -0.1) is 11.3 Å². The molecule has 138 valence electrons. The summed E-state index contributed by atoms with van der Waals surface area (Å²) in [5.41, 5.74) is 5.58. The normalized spacial score (nSPS) is 33.9. The molecule has 8 heteroatoms. The molecule has 2 aliphatic rings.